The number of rotatable bonds is 5. The largest absolute Gasteiger partial charge is 0.507 e. The molecule has 0 bridgehead atoms. The average Bonchev–Trinajstić information content (AvgIpc) is 2.93. The number of hydrogen-bond acceptors (Lipinski definition) is 2. The van der Waals surface area contributed by atoms with Crippen molar-refractivity contribution in [2.45, 2.75) is 13.3 Å². The second-order valence-corrected chi connectivity index (χ2v) is 4.38. The highest BCUT2D eigenvalue weighted by atomic mass is 16.3. The zero-order valence-corrected chi connectivity index (χ0v) is 11.5. The van der Waals surface area contributed by atoms with Crippen LogP contribution in [0.5, 0.6) is 5.75 Å². The molecule has 102 valence electrons. The monoisotopic (exact) mass is 266 g/mol. The lowest BCUT2D eigenvalue weighted by Gasteiger charge is -2.00. The van der Waals surface area contributed by atoms with Crippen molar-refractivity contribution < 1.29 is 5.11 Å². The maximum atomic E-state index is 9.87. The predicted molar refractivity (Wildman–Crippen MR) is 83.3 cm³/mol. The zero-order chi connectivity index (χ0) is 14.4. The van der Waals surface area contributed by atoms with Crippen LogP contribution in [0.4, 0.5) is 0 Å². The van der Waals surface area contributed by atoms with Crippen LogP contribution in [0.3, 0.4) is 0 Å². The van der Waals surface area contributed by atoms with Gasteiger partial charge in [0.2, 0.25) is 0 Å². The lowest BCUT2D eigenvalue weighted by atomic mass is 10.1. The van der Waals surface area contributed by atoms with E-state index in [-0.39, 0.29) is 5.75 Å². The number of phenols is 1. The summed E-state index contributed by atoms with van der Waals surface area (Å²) in [6, 6.07) is 9.14. The van der Waals surface area contributed by atoms with Crippen molar-refractivity contribution in [1.82, 2.24) is 10.2 Å². The van der Waals surface area contributed by atoms with Crippen LogP contribution in [0.25, 0.3) is 16.8 Å². The zero-order valence-electron chi connectivity index (χ0n) is 11.5. The molecule has 0 atom stereocenters. The van der Waals surface area contributed by atoms with Crippen molar-refractivity contribution in [3.8, 4) is 17.0 Å². The van der Waals surface area contributed by atoms with Crippen molar-refractivity contribution in [1.29, 1.82) is 0 Å². The Morgan fingerprint density at radius 2 is 2.20 bits per heavy atom. The van der Waals surface area contributed by atoms with Gasteiger partial charge in [0.1, 0.15) is 5.75 Å². The molecular formula is C17H18N2O. The molecule has 0 radical (unpaired) electrons. The molecule has 1 aromatic carbocycles. The average molecular weight is 266 g/mol. The summed E-state index contributed by atoms with van der Waals surface area (Å²) in [5.74, 6) is 0.241. The third kappa shape index (κ3) is 3.06. The summed E-state index contributed by atoms with van der Waals surface area (Å²) in [7, 11) is 0. The first-order chi connectivity index (χ1) is 9.76. The maximum Gasteiger partial charge on any atom is 0.124 e. The molecule has 0 aliphatic carbocycles. The number of nitrogens with one attached hydrogen (secondary N) is 1. The van der Waals surface area contributed by atoms with Crippen molar-refractivity contribution in [3.63, 3.8) is 0 Å². The number of benzene rings is 1. The van der Waals surface area contributed by atoms with E-state index >= 15 is 0 Å². The van der Waals surface area contributed by atoms with E-state index in [9.17, 15) is 5.11 Å². The van der Waals surface area contributed by atoms with Crippen LogP contribution in [0.1, 0.15) is 19.0 Å². The molecule has 0 saturated heterocycles. The van der Waals surface area contributed by atoms with Gasteiger partial charge in [0.15, 0.2) is 0 Å². The summed E-state index contributed by atoms with van der Waals surface area (Å²) in [5.41, 5.74) is 3.49. The molecule has 0 aliphatic rings. The Kier molecular flexibility index (Phi) is 4.56. The van der Waals surface area contributed by atoms with Gasteiger partial charge < -0.3 is 5.11 Å². The molecule has 0 amide bonds. The second-order valence-electron chi connectivity index (χ2n) is 4.38. The molecule has 0 saturated carbocycles. The summed E-state index contributed by atoms with van der Waals surface area (Å²) in [5, 5.41) is 17.2. The smallest absolute Gasteiger partial charge is 0.124 e. The lowest BCUT2D eigenvalue weighted by molar-refractivity contribution is 0.477. The van der Waals surface area contributed by atoms with Gasteiger partial charge in [-0.05, 0) is 37.1 Å². The Bertz CT molecular complexity index is 651. The van der Waals surface area contributed by atoms with Gasteiger partial charge in [0, 0.05) is 5.56 Å². The Hall–Kier alpha value is -2.55. The molecule has 2 N–H and O–H groups in total. The van der Waals surface area contributed by atoms with E-state index in [0.717, 1.165) is 28.9 Å². The summed E-state index contributed by atoms with van der Waals surface area (Å²) in [6.45, 7) is 5.72. The molecule has 1 aromatic heterocycles. The first-order valence-electron chi connectivity index (χ1n) is 6.53. The number of para-hydroxylation sites is 1. The van der Waals surface area contributed by atoms with Crippen LogP contribution in [-0.4, -0.2) is 15.3 Å². The maximum absolute atomic E-state index is 9.87. The van der Waals surface area contributed by atoms with Gasteiger partial charge in [-0.3, -0.25) is 5.10 Å². The van der Waals surface area contributed by atoms with Crippen LogP contribution >= 0.6 is 0 Å². The van der Waals surface area contributed by atoms with Crippen LogP contribution in [-0.2, 0) is 0 Å². The molecule has 3 heteroatoms. The standard InChI is InChI=1S/C17H18N2O/c1-3-5-9-13(8-4-2)15-12-16(19-18-15)14-10-6-7-11-17(14)20/h3-8,10-12,20H,2,9H2,1H3,(H,18,19)/b5-3-,13-8+. The third-order valence-corrected chi connectivity index (χ3v) is 2.99. The topological polar surface area (TPSA) is 48.9 Å². The number of aromatic hydroxyl groups is 1. The number of phenolic OH excluding ortho intramolecular Hbond substituents is 1. The molecule has 0 fully saturated rings. The molecule has 0 spiro atoms. The van der Waals surface area contributed by atoms with E-state index in [1.807, 2.05) is 37.3 Å². The predicted octanol–water partition coefficient (Wildman–Crippen LogP) is 4.32. The van der Waals surface area contributed by atoms with Gasteiger partial charge in [-0.1, -0.05) is 43.0 Å². The Labute approximate surface area is 119 Å². The van der Waals surface area contributed by atoms with Gasteiger partial charge in [-0.25, -0.2) is 0 Å². The van der Waals surface area contributed by atoms with Crippen LogP contribution in [0, 0.1) is 0 Å². The Morgan fingerprint density at radius 3 is 2.90 bits per heavy atom. The van der Waals surface area contributed by atoms with Crippen molar-refractivity contribution >= 4 is 5.57 Å². The minimum absolute atomic E-state index is 0.241. The number of H-pyrrole nitrogens is 1. The van der Waals surface area contributed by atoms with Gasteiger partial charge in [0.25, 0.3) is 0 Å². The summed E-state index contributed by atoms with van der Waals surface area (Å²) >= 11 is 0. The molecule has 20 heavy (non-hydrogen) atoms. The fraction of sp³-hybridized carbons (Fsp3) is 0.118. The SMILES string of the molecule is C=C/C=C(\C/C=C\C)c1cc(-c2ccccc2O)[nH]n1. The lowest BCUT2D eigenvalue weighted by Crippen LogP contribution is -1.83. The third-order valence-electron chi connectivity index (χ3n) is 2.99. The normalized spacial score (nSPS) is 11.9. The molecule has 0 aliphatic heterocycles. The quantitative estimate of drug-likeness (QED) is 0.625. The molecule has 2 aromatic rings. The Balaban J connectivity index is 2.34. The van der Waals surface area contributed by atoms with Crippen LogP contribution < -0.4 is 0 Å². The number of aromatic nitrogens is 2. The number of nitrogens with zero attached hydrogens (tertiary/aromatic N) is 1. The molecule has 1 heterocycles. The highest BCUT2D eigenvalue weighted by Gasteiger charge is 2.09. The van der Waals surface area contributed by atoms with Gasteiger partial charge in [-0.15, -0.1) is 0 Å². The first kappa shape index (κ1) is 13.9. The van der Waals surface area contributed by atoms with Crippen molar-refractivity contribution in [3.05, 3.63) is 66.9 Å². The van der Waals surface area contributed by atoms with E-state index < -0.39 is 0 Å². The number of hydrogen-bond donors (Lipinski definition) is 2. The van der Waals surface area contributed by atoms with Crippen molar-refractivity contribution in [2.24, 2.45) is 0 Å². The van der Waals surface area contributed by atoms with Gasteiger partial charge in [-0.2, -0.15) is 5.10 Å². The number of aromatic amines is 1. The molecule has 0 unspecified atom stereocenters. The van der Waals surface area contributed by atoms with E-state index in [4.69, 9.17) is 0 Å². The van der Waals surface area contributed by atoms with E-state index in [0.29, 0.717) is 0 Å². The fourth-order valence-corrected chi connectivity index (χ4v) is 1.97. The van der Waals surface area contributed by atoms with Gasteiger partial charge in [0.05, 0.1) is 11.4 Å². The molecule has 2 rings (SSSR count). The van der Waals surface area contributed by atoms with E-state index in [1.54, 1.807) is 18.2 Å². The van der Waals surface area contributed by atoms with Crippen molar-refractivity contribution in [2.75, 3.05) is 0 Å². The first-order valence-corrected chi connectivity index (χ1v) is 6.53. The second kappa shape index (κ2) is 6.57. The van der Waals surface area contributed by atoms with E-state index in [1.165, 1.54) is 0 Å². The fourth-order valence-electron chi connectivity index (χ4n) is 1.97. The minimum atomic E-state index is 0.241. The highest BCUT2D eigenvalue weighted by molar-refractivity contribution is 5.72. The summed E-state index contributed by atoms with van der Waals surface area (Å²) < 4.78 is 0. The summed E-state index contributed by atoms with van der Waals surface area (Å²) in [4.78, 5) is 0. The minimum Gasteiger partial charge on any atom is -0.507 e. The summed E-state index contributed by atoms with van der Waals surface area (Å²) in [6.07, 6.45) is 8.59. The van der Waals surface area contributed by atoms with Crippen LogP contribution in [0.2, 0.25) is 0 Å². The van der Waals surface area contributed by atoms with Gasteiger partial charge >= 0.3 is 0 Å². The highest BCUT2D eigenvalue weighted by Crippen LogP contribution is 2.29. The van der Waals surface area contributed by atoms with E-state index in [2.05, 4.69) is 22.9 Å². The van der Waals surface area contributed by atoms with Crippen LogP contribution in [0.15, 0.2) is 61.2 Å². The molecular weight excluding hydrogens is 248 g/mol. The Morgan fingerprint density at radius 1 is 1.40 bits per heavy atom. The number of allylic oxidation sites excluding steroid dienone is 5. The molecule has 3 nitrogen and oxygen atoms in total.